The maximum absolute atomic E-state index is 5.56. The summed E-state index contributed by atoms with van der Waals surface area (Å²) < 4.78 is 5.56. The quantitative estimate of drug-likeness (QED) is 0.894. The van der Waals surface area contributed by atoms with Gasteiger partial charge in [-0.05, 0) is 62.0 Å². The van der Waals surface area contributed by atoms with Crippen LogP contribution >= 0.6 is 0 Å². The molecule has 0 aliphatic heterocycles. The van der Waals surface area contributed by atoms with Gasteiger partial charge in [-0.3, -0.25) is 0 Å². The number of hydrogen-bond donors (Lipinski definition) is 1. The molecule has 5 unspecified atom stereocenters. The highest BCUT2D eigenvalue weighted by molar-refractivity contribution is 5.38. The number of rotatable bonds is 4. The summed E-state index contributed by atoms with van der Waals surface area (Å²) in [4.78, 5) is 0. The SMILES string of the molecule is CNC(c1ccccc1OC)C1C2C3CCC(C3)C21. The van der Waals surface area contributed by atoms with Crippen LogP contribution in [0.15, 0.2) is 24.3 Å². The van der Waals surface area contributed by atoms with E-state index < -0.39 is 0 Å². The molecule has 3 fully saturated rings. The van der Waals surface area contributed by atoms with Gasteiger partial charge in [-0.25, -0.2) is 0 Å². The second-order valence-electron chi connectivity index (χ2n) is 6.57. The molecular weight excluding hydrogens is 234 g/mol. The van der Waals surface area contributed by atoms with E-state index in [1.54, 1.807) is 7.11 Å². The zero-order valence-electron chi connectivity index (χ0n) is 11.8. The Bertz CT molecular complexity index is 470. The highest BCUT2D eigenvalue weighted by atomic mass is 16.5. The predicted molar refractivity (Wildman–Crippen MR) is 76.1 cm³/mol. The highest BCUT2D eigenvalue weighted by Crippen LogP contribution is 2.72. The molecule has 3 saturated carbocycles. The molecule has 102 valence electrons. The average molecular weight is 257 g/mol. The van der Waals surface area contributed by atoms with Gasteiger partial charge < -0.3 is 10.1 Å². The van der Waals surface area contributed by atoms with Gasteiger partial charge in [0, 0.05) is 11.6 Å². The van der Waals surface area contributed by atoms with Gasteiger partial charge in [-0.1, -0.05) is 18.2 Å². The van der Waals surface area contributed by atoms with Gasteiger partial charge >= 0.3 is 0 Å². The second-order valence-corrected chi connectivity index (χ2v) is 6.57. The van der Waals surface area contributed by atoms with Crippen molar-refractivity contribution < 1.29 is 4.74 Å². The number of para-hydroxylation sites is 1. The Balaban J connectivity index is 1.63. The molecule has 2 nitrogen and oxygen atoms in total. The van der Waals surface area contributed by atoms with E-state index in [4.69, 9.17) is 4.74 Å². The summed E-state index contributed by atoms with van der Waals surface area (Å²) in [6.07, 6.45) is 4.50. The van der Waals surface area contributed by atoms with E-state index >= 15 is 0 Å². The molecule has 1 aromatic rings. The number of nitrogens with one attached hydrogen (secondary N) is 1. The summed E-state index contributed by atoms with van der Waals surface area (Å²) in [7, 11) is 3.88. The Kier molecular flexibility index (Phi) is 2.63. The third-order valence-corrected chi connectivity index (χ3v) is 5.96. The predicted octanol–water partition coefficient (Wildman–Crippen LogP) is 3.25. The van der Waals surface area contributed by atoms with E-state index in [-0.39, 0.29) is 0 Å². The van der Waals surface area contributed by atoms with Crippen LogP contribution in [0.2, 0.25) is 0 Å². The fourth-order valence-electron chi connectivity index (χ4n) is 5.32. The van der Waals surface area contributed by atoms with Crippen molar-refractivity contribution in [2.75, 3.05) is 14.2 Å². The molecule has 0 heterocycles. The fraction of sp³-hybridized carbons (Fsp3) is 0.647. The van der Waals surface area contributed by atoms with Gasteiger partial charge in [0.05, 0.1) is 7.11 Å². The Morgan fingerprint density at radius 3 is 2.47 bits per heavy atom. The molecule has 4 rings (SSSR count). The van der Waals surface area contributed by atoms with Gasteiger partial charge in [0.2, 0.25) is 0 Å². The van der Waals surface area contributed by atoms with Crippen LogP contribution in [0.1, 0.15) is 30.9 Å². The van der Waals surface area contributed by atoms with E-state index in [1.807, 2.05) is 0 Å². The van der Waals surface area contributed by atoms with Gasteiger partial charge in [-0.2, -0.15) is 0 Å². The van der Waals surface area contributed by atoms with Gasteiger partial charge in [0.25, 0.3) is 0 Å². The maximum Gasteiger partial charge on any atom is 0.123 e. The molecular formula is C17H23NO. The third-order valence-electron chi connectivity index (χ3n) is 5.96. The summed E-state index contributed by atoms with van der Waals surface area (Å²) >= 11 is 0. The Hall–Kier alpha value is -1.02. The molecule has 3 aliphatic carbocycles. The van der Waals surface area contributed by atoms with Crippen LogP contribution in [0, 0.1) is 29.6 Å². The van der Waals surface area contributed by atoms with Crippen LogP contribution in [0.4, 0.5) is 0 Å². The minimum atomic E-state index is 0.481. The van der Waals surface area contributed by atoms with Crippen LogP contribution in [-0.4, -0.2) is 14.2 Å². The molecule has 19 heavy (non-hydrogen) atoms. The van der Waals surface area contributed by atoms with E-state index in [0.717, 1.165) is 35.3 Å². The van der Waals surface area contributed by atoms with Crippen molar-refractivity contribution in [2.45, 2.75) is 25.3 Å². The van der Waals surface area contributed by atoms with E-state index in [9.17, 15) is 0 Å². The van der Waals surface area contributed by atoms with E-state index in [0.29, 0.717) is 6.04 Å². The Labute approximate surface area is 115 Å². The minimum absolute atomic E-state index is 0.481. The molecule has 0 amide bonds. The molecule has 0 saturated heterocycles. The normalized spacial score (nSPS) is 40.0. The zero-order chi connectivity index (χ0) is 13.0. The van der Waals surface area contributed by atoms with Gasteiger partial charge in [0.15, 0.2) is 0 Å². The standard InChI is InChI=1S/C17H23NO/c1-18-17(12-5-3-4-6-13(12)19-2)16-14-10-7-8-11(9-10)15(14)16/h3-6,10-11,14-18H,7-9H2,1-2H3. The minimum Gasteiger partial charge on any atom is -0.496 e. The molecule has 1 N–H and O–H groups in total. The lowest BCUT2D eigenvalue weighted by Gasteiger charge is -2.22. The largest absolute Gasteiger partial charge is 0.496 e. The molecule has 5 atom stereocenters. The summed E-state index contributed by atoms with van der Waals surface area (Å²) in [6, 6.07) is 9.00. The first kappa shape index (κ1) is 11.8. The molecule has 0 aromatic heterocycles. The number of methoxy groups -OCH3 is 1. The lowest BCUT2D eigenvalue weighted by atomic mass is 9.92. The third kappa shape index (κ3) is 1.59. The van der Waals surface area contributed by atoms with E-state index in [2.05, 4.69) is 36.6 Å². The lowest BCUT2D eigenvalue weighted by molar-refractivity contribution is 0.362. The van der Waals surface area contributed by atoms with Crippen LogP contribution < -0.4 is 10.1 Å². The summed E-state index contributed by atoms with van der Waals surface area (Å²) in [5.41, 5.74) is 1.35. The topological polar surface area (TPSA) is 21.3 Å². The molecule has 0 spiro atoms. The fourth-order valence-corrected chi connectivity index (χ4v) is 5.32. The average Bonchev–Trinajstić information content (AvgIpc) is 2.88. The first-order valence-corrected chi connectivity index (χ1v) is 7.65. The van der Waals surface area contributed by atoms with Crippen molar-refractivity contribution >= 4 is 0 Å². The Morgan fingerprint density at radius 2 is 1.84 bits per heavy atom. The van der Waals surface area contributed by atoms with Crippen molar-refractivity contribution in [1.29, 1.82) is 0 Å². The Morgan fingerprint density at radius 1 is 1.16 bits per heavy atom. The molecule has 3 aliphatic rings. The lowest BCUT2D eigenvalue weighted by Crippen LogP contribution is -2.22. The number of hydrogen-bond acceptors (Lipinski definition) is 2. The molecule has 2 bridgehead atoms. The van der Waals surface area contributed by atoms with E-state index in [1.165, 1.54) is 24.8 Å². The first-order valence-electron chi connectivity index (χ1n) is 7.65. The van der Waals surface area contributed by atoms with Gasteiger partial charge in [-0.15, -0.1) is 0 Å². The van der Waals surface area contributed by atoms with Crippen molar-refractivity contribution in [3.05, 3.63) is 29.8 Å². The zero-order valence-corrected chi connectivity index (χ0v) is 11.8. The maximum atomic E-state index is 5.56. The van der Waals surface area contributed by atoms with Crippen molar-refractivity contribution in [3.8, 4) is 5.75 Å². The van der Waals surface area contributed by atoms with Crippen molar-refractivity contribution in [2.24, 2.45) is 29.6 Å². The number of ether oxygens (including phenoxy) is 1. The van der Waals surface area contributed by atoms with Crippen LogP contribution in [0.3, 0.4) is 0 Å². The molecule has 1 aromatic carbocycles. The smallest absolute Gasteiger partial charge is 0.123 e. The van der Waals surface area contributed by atoms with Crippen LogP contribution in [0.5, 0.6) is 5.75 Å². The monoisotopic (exact) mass is 257 g/mol. The van der Waals surface area contributed by atoms with Crippen LogP contribution in [0.25, 0.3) is 0 Å². The molecule has 0 radical (unpaired) electrons. The van der Waals surface area contributed by atoms with Crippen LogP contribution in [-0.2, 0) is 0 Å². The summed E-state index contributed by atoms with van der Waals surface area (Å²) in [6.45, 7) is 0. The molecule has 2 heteroatoms. The van der Waals surface area contributed by atoms with Gasteiger partial charge in [0.1, 0.15) is 5.75 Å². The number of benzene rings is 1. The summed E-state index contributed by atoms with van der Waals surface area (Å²) in [5, 5.41) is 3.57. The first-order chi connectivity index (χ1) is 9.35. The van der Waals surface area contributed by atoms with Crippen molar-refractivity contribution in [1.82, 2.24) is 5.32 Å². The summed E-state index contributed by atoms with van der Waals surface area (Å²) in [5.74, 6) is 5.96. The second kappa shape index (κ2) is 4.24. The highest BCUT2D eigenvalue weighted by Gasteiger charge is 2.66. The van der Waals surface area contributed by atoms with Crippen molar-refractivity contribution in [3.63, 3.8) is 0 Å². The number of fused-ring (bicyclic) bond motifs is 5.